The number of rotatable bonds is 7. The Bertz CT molecular complexity index is 1520. The van der Waals surface area contributed by atoms with E-state index in [1.807, 2.05) is 6.07 Å². The fraction of sp³-hybridized carbons (Fsp3) is 0. The van der Waals surface area contributed by atoms with E-state index in [1.54, 1.807) is 0 Å². The summed E-state index contributed by atoms with van der Waals surface area (Å²) in [4.78, 5) is 0. The van der Waals surface area contributed by atoms with Crippen LogP contribution in [0.4, 0.5) is 0 Å². The highest BCUT2D eigenvalue weighted by atomic mass is 35.5. The van der Waals surface area contributed by atoms with Gasteiger partial charge < -0.3 is 0 Å². The van der Waals surface area contributed by atoms with Gasteiger partial charge in [-0.1, -0.05) is 127 Å². The van der Waals surface area contributed by atoms with Crippen molar-refractivity contribution in [2.45, 2.75) is 0 Å². The third-order valence-electron chi connectivity index (χ3n) is 7.35. The summed E-state index contributed by atoms with van der Waals surface area (Å²) in [6.45, 7) is -2.54. The van der Waals surface area contributed by atoms with Crippen molar-refractivity contribution in [3.05, 3.63) is 182 Å². The molecule has 6 rings (SSSR count). The third kappa shape index (κ3) is 4.48. The van der Waals surface area contributed by atoms with E-state index >= 15 is 0 Å². The predicted octanol–water partition coefficient (Wildman–Crippen LogP) is 7.10. The highest BCUT2D eigenvalue weighted by Crippen LogP contribution is 2.66. The largest absolute Gasteiger partial charge is 0.180 e. The van der Waals surface area contributed by atoms with E-state index < -0.39 is 14.1 Å². The predicted molar refractivity (Wildman–Crippen MR) is 180 cm³/mol. The molecule has 0 radical (unpaired) electrons. The minimum absolute atomic E-state index is 1.00. The van der Waals surface area contributed by atoms with Crippen molar-refractivity contribution in [1.82, 2.24) is 0 Å². The zero-order valence-corrected chi connectivity index (χ0v) is 24.6. The first-order valence-corrected chi connectivity index (χ1v) is 17.3. The van der Waals surface area contributed by atoms with Crippen molar-refractivity contribution < 1.29 is 0 Å². The lowest BCUT2D eigenvalue weighted by molar-refractivity contribution is 1.72. The summed E-state index contributed by atoms with van der Waals surface area (Å²) in [5.41, 5.74) is 0. The summed E-state index contributed by atoms with van der Waals surface area (Å²) in [7, 11) is -2.56. The molecule has 40 heavy (non-hydrogen) atoms. The normalized spacial score (nSPS) is 11.6. The molecule has 0 nitrogen and oxygen atoms in total. The Morgan fingerprint density at radius 3 is 1.15 bits per heavy atom. The zero-order chi connectivity index (χ0) is 27.3. The monoisotopic (exact) mass is 570 g/mol. The van der Waals surface area contributed by atoms with E-state index in [4.69, 9.17) is 11.6 Å². The second-order valence-electron chi connectivity index (χ2n) is 9.55. The minimum Gasteiger partial charge on any atom is -0.180 e. The zero-order valence-electron chi connectivity index (χ0n) is 22.0. The Hall–Kier alpha value is -3.66. The van der Waals surface area contributed by atoms with Crippen LogP contribution in [0, 0.1) is 6.07 Å². The van der Waals surface area contributed by atoms with Gasteiger partial charge in [0.25, 0.3) is 0 Å². The van der Waals surface area contributed by atoms with Gasteiger partial charge in [-0.2, -0.15) is 18.2 Å². The molecule has 0 saturated carbocycles. The van der Waals surface area contributed by atoms with Gasteiger partial charge in [0, 0.05) is 12.2 Å². The lowest BCUT2D eigenvalue weighted by Crippen LogP contribution is -2.39. The van der Waals surface area contributed by atoms with E-state index in [1.165, 1.54) is 31.8 Å². The summed E-state index contributed by atoms with van der Waals surface area (Å²) >= 11 is 8.34. The van der Waals surface area contributed by atoms with Crippen LogP contribution in [0.2, 0.25) is 0 Å². The minimum atomic E-state index is -2.56. The second kappa shape index (κ2) is 11.8. The molecule has 194 valence electrons. The molecule has 0 aliphatic carbocycles. The lowest BCUT2D eigenvalue weighted by Gasteiger charge is -2.37. The van der Waals surface area contributed by atoms with E-state index in [2.05, 4.69) is 176 Å². The van der Waals surface area contributed by atoms with Crippen LogP contribution in [0.25, 0.3) is 0 Å². The van der Waals surface area contributed by atoms with Crippen molar-refractivity contribution in [2.75, 3.05) is 0 Å². The van der Waals surface area contributed by atoms with E-state index in [0.29, 0.717) is 0 Å². The molecule has 0 unspecified atom stereocenters. The van der Waals surface area contributed by atoms with Crippen LogP contribution in [0.1, 0.15) is 0 Å². The van der Waals surface area contributed by atoms with Gasteiger partial charge >= 0.3 is 0 Å². The molecule has 6 aromatic carbocycles. The SMILES string of the molecule is ClC(=P(c1ccccc1)(c1ccccc1)c1ccccc1)[P+](c1c[c-]ccc1)(c1ccccc1)c1ccccc1. The second-order valence-corrected chi connectivity index (χ2v) is 17.5. The Morgan fingerprint density at radius 2 is 0.800 bits per heavy atom. The number of halogens is 1. The van der Waals surface area contributed by atoms with Gasteiger partial charge in [-0.15, -0.1) is 12.1 Å². The molecule has 0 aliphatic heterocycles. The van der Waals surface area contributed by atoms with Gasteiger partial charge in [0.15, 0.2) is 4.49 Å². The lowest BCUT2D eigenvalue weighted by atomic mass is 10.4. The van der Waals surface area contributed by atoms with Gasteiger partial charge in [-0.3, -0.25) is 0 Å². The molecule has 0 N–H and O–H groups in total. The molecule has 0 atom stereocenters. The molecule has 0 spiro atoms. The summed E-state index contributed by atoms with van der Waals surface area (Å²) in [6.07, 6.45) is 0. The summed E-state index contributed by atoms with van der Waals surface area (Å²) in [6, 6.07) is 66.3. The van der Waals surface area contributed by atoms with Gasteiger partial charge in [0.05, 0.1) is 10.6 Å². The maximum Gasteiger partial charge on any atom is 0.170 e. The van der Waals surface area contributed by atoms with Crippen LogP contribution in [0.5, 0.6) is 0 Å². The molecule has 0 aliphatic rings. The van der Waals surface area contributed by atoms with Crippen molar-refractivity contribution in [1.29, 1.82) is 0 Å². The molecular formula is C37H29ClP2. The molecule has 6 aromatic rings. The Balaban J connectivity index is 1.94. The van der Waals surface area contributed by atoms with Crippen molar-refractivity contribution in [3.63, 3.8) is 0 Å². The standard InChI is InChI=1S/C37H29ClP2/c38-37(39(31-19-7-1-8-20-31,32-21-9-2-10-22-32)33-23-11-3-12-24-33)40(34-25-13-4-14-26-34,35-27-15-5-16-28-35)36-29-17-6-18-30-36/h1-17,19-30H. The fourth-order valence-electron chi connectivity index (χ4n) is 5.61. The number of hydrogen-bond acceptors (Lipinski definition) is 0. The van der Waals surface area contributed by atoms with E-state index in [-0.39, 0.29) is 0 Å². The first-order valence-electron chi connectivity index (χ1n) is 13.4. The maximum atomic E-state index is 8.34. The number of benzene rings is 6. The van der Waals surface area contributed by atoms with Crippen LogP contribution in [0.3, 0.4) is 0 Å². The maximum absolute atomic E-state index is 8.34. The van der Waals surface area contributed by atoms with Gasteiger partial charge in [0.1, 0.15) is 7.26 Å². The summed E-state index contributed by atoms with van der Waals surface area (Å²) in [5, 5.41) is 7.40. The Labute approximate surface area is 243 Å². The topological polar surface area (TPSA) is 0 Å². The average Bonchev–Trinajstić information content (AvgIpc) is 3.05. The number of hydrogen-bond donors (Lipinski definition) is 0. The van der Waals surface area contributed by atoms with Crippen molar-refractivity contribution >= 4 is 62.1 Å². The summed E-state index contributed by atoms with van der Waals surface area (Å²) < 4.78 is 1.00. The van der Waals surface area contributed by atoms with Crippen molar-refractivity contribution in [3.8, 4) is 0 Å². The Kier molecular flexibility index (Phi) is 7.86. The van der Waals surface area contributed by atoms with Crippen molar-refractivity contribution in [2.24, 2.45) is 0 Å². The molecule has 0 fully saturated rings. The Morgan fingerprint density at radius 1 is 0.450 bits per heavy atom. The molecule has 0 saturated heterocycles. The highest BCUT2D eigenvalue weighted by molar-refractivity contribution is 8.23. The highest BCUT2D eigenvalue weighted by Gasteiger charge is 2.51. The molecule has 0 aromatic heterocycles. The van der Waals surface area contributed by atoms with Gasteiger partial charge in [-0.25, -0.2) is 0 Å². The molecule has 0 bridgehead atoms. The average molecular weight is 571 g/mol. The van der Waals surface area contributed by atoms with Crippen LogP contribution < -0.4 is 31.8 Å². The van der Waals surface area contributed by atoms with Crippen LogP contribution in [0.15, 0.2) is 176 Å². The van der Waals surface area contributed by atoms with E-state index in [0.717, 1.165) is 4.49 Å². The van der Waals surface area contributed by atoms with Crippen LogP contribution in [-0.2, 0) is 0 Å². The first-order chi connectivity index (χ1) is 19.8. The van der Waals surface area contributed by atoms with E-state index in [9.17, 15) is 0 Å². The quantitative estimate of drug-likeness (QED) is 0.142. The van der Waals surface area contributed by atoms with Gasteiger partial charge in [0.2, 0.25) is 0 Å². The van der Waals surface area contributed by atoms with Crippen LogP contribution >= 0.6 is 25.7 Å². The molecule has 3 heteroatoms. The summed E-state index contributed by atoms with van der Waals surface area (Å²) in [5.74, 6) is 0. The fourth-order valence-corrected chi connectivity index (χ4v) is 18.0. The smallest absolute Gasteiger partial charge is 0.170 e. The first kappa shape index (κ1) is 26.6. The molecule has 0 amide bonds. The van der Waals surface area contributed by atoms with Gasteiger partial charge in [-0.05, 0) is 51.8 Å². The molecule has 0 heterocycles. The van der Waals surface area contributed by atoms with Crippen LogP contribution in [-0.4, -0.2) is 4.49 Å². The third-order valence-corrected chi connectivity index (χ3v) is 18.2. The molecular weight excluding hydrogens is 542 g/mol.